The zero-order chi connectivity index (χ0) is 11.3. The average molecular weight is 209 g/mol. The molecule has 1 aromatic rings. The van der Waals surface area contributed by atoms with E-state index in [1.54, 1.807) is 7.11 Å². The van der Waals surface area contributed by atoms with Crippen molar-refractivity contribution in [3.05, 3.63) is 24.3 Å². The average Bonchev–Trinajstić information content (AvgIpc) is 2.17. The van der Waals surface area contributed by atoms with Crippen LogP contribution in [-0.4, -0.2) is 24.2 Å². The molecule has 0 aliphatic heterocycles. The molecule has 0 saturated heterocycles. The van der Waals surface area contributed by atoms with Crippen molar-refractivity contribution in [2.45, 2.75) is 19.4 Å². The summed E-state index contributed by atoms with van der Waals surface area (Å²) in [6.45, 7) is 1.83. The number of methoxy groups -OCH3 is 1. The second-order valence-corrected chi connectivity index (χ2v) is 3.37. The Bertz CT molecular complexity index is 321. The normalized spacial score (nSPS) is 11.9. The molecule has 0 fully saturated rings. The Labute approximate surface area is 88.9 Å². The second kappa shape index (κ2) is 5.24. The molecule has 1 rings (SSSR count). The fourth-order valence-corrected chi connectivity index (χ4v) is 1.28. The van der Waals surface area contributed by atoms with Gasteiger partial charge in [-0.3, -0.25) is 4.79 Å². The van der Waals surface area contributed by atoms with Crippen molar-refractivity contribution in [2.75, 3.05) is 12.4 Å². The van der Waals surface area contributed by atoms with Crippen LogP contribution in [-0.2, 0) is 4.79 Å². The van der Waals surface area contributed by atoms with Gasteiger partial charge in [0.15, 0.2) is 0 Å². The van der Waals surface area contributed by atoms with E-state index >= 15 is 0 Å². The van der Waals surface area contributed by atoms with Gasteiger partial charge in [-0.2, -0.15) is 0 Å². The number of carboxylic acids is 1. The summed E-state index contributed by atoms with van der Waals surface area (Å²) in [5.74, 6) is -0.0186. The molecule has 15 heavy (non-hydrogen) atoms. The summed E-state index contributed by atoms with van der Waals surface area (Å²) in [6, 6.07) is 7.29. The lowest BCUT2D eigenvalue weighted by Crippen LogP contribution is -2.19. The number of rotatable bonds is 5. The maximum absolute atomic E-state index is 10.4. The van der Waals surface area contributed by atoms with Gasteiger partial charge in [0.1, 0.15) is 5.75 Å². The van der Waals surface area contributed by atoms with Crippen LogP contribution in [0, 0.1) is 0 Å². The number of carbonyl (C=O) groups is 1. The molecule has 0 spiro atoms. The highest BCUT2D eigenvalue weighted by atomic mass is 16.5. The molecule has 0 aliphatic rings. The number of carboxylic acid groups (broad SMARTS) is 1. The molecule has 82 valence electrons. The minimum atomic E-state index is -0.802. The molecule has 4 heteroatoms. The van der Waals surface area contributed by atoms with Crippen molar-refractivity contribution in [1.29, 1.82) is 0 Å². The van der Waals surface area contributed by atoms with Crippen LogP contribution in [0.4, 0.5) is 5.69 Å². The summed E-state index contributed by atoms with van der Waals surface area (Å²) >= 11 is 0. The van der Waals surface area contributed by atoms with Crippen molar-refractivity contribution >= 4 is 11.7 Å². The number of nitrogens with one attached hydrogen (secondary N) is 1. The van der Waals surface area contributed by atoms with Gasteiger partial charge in [-0.15, -0.1) is 0 Å². The van der Waals surface area contributed by atoms with Gasteiger partial charge in [-0.25, -0.2) is 0 Å². The van der Waals surface area contributed by atoms with Crippen LogP contribution in [0.5, 0.6) is 5.75 Å². The molecule has 0 unspecified atom stereocenters. The first-order chi connectivity index (χ1) is 7.11. The maximum atomic E-state index is 10.4. The Balaban J connectivity index is 2.53. The summed E-state index contributed by atoms with van der Waals surface area (Å²) in [5, 5.41) is 11.7. The van der Waals surface area contributed by atoms with Crippen molar-refractivity contribution < 1.29 is 14.6 Å². The molecule has 0 heterocycles. The van der Waals surface area contributed by atoms with E-state index in [1.807, 2.05) is 31.2 Å². The highest BCUT2D eigenvalue weighted by Gasteiger charge is 2.06. The van der Waals surface area contributed by atoms with Crippen molar-refractivity contribution in [2.24, 2.45) is 0 Å². The third-order valence-corrected chi connectivity index (χ3v) is 1.98. The molecule has 0 amide bonds. The van der Waals surface area contributed by atoms with Gasteiger partial charge >= 0.3 is 5.97 Å². The van der Waals surface area contributed by atoms with E-state index in [1.165, 1.54) is 0 Å². The molecule has 0 aliphatic carbocycles. The summed E-state index contributed by atoms with van der Waals surface area (Å²) in [6.07, 6.45) is 0.103. The van der Waals surface area contributed by atoms with Crippen molar-refractivity contribution in [3.8, 4) is 5.75 Å². The Morgan fingerprint density at radius 3 is 2.53 bits per heavy atom. The van der Waals surface area contributed by atoms with E-state index in [-0.39, 0.29) is 12.5 Å². The number of anilines is 1. The number of benzene rings is 1. The van der Waals surface area contributed by atoms with Crippen LogP contribution >= 0.6 is 0 Å². The highest BCUT2D eigenvalue weighted by Crippen LogP contribution is 2.16. The second-order valence-electron chi connectivity index (χ2n) is 3.37. The molecule has 0 radical (unpaired) electrons. The van der Waals surface area contributed by atoms with Gasteiger partial charge in [0.2, 0.25) is 0 Å². The lowest BCUT2D eigenvalue weighted by atomic mass is 10.2. The minimum absolute atomic E-state index is 0.0871. The minimum Gasteiger partial charge on any atom is -0.497 e. The van der Waals surface area contributed by atoms with Crippen molar-refractivity contribution in [3.63, 3.8) is 0 Å². The highest BCUT2D eigenvalue weighted by molar-refractivity contribution is 5.68. The predicted molar refractivity (Wildman–Crippen MR) is 58.3 cm³/mol. The zero-order valence-electron chi connectivity index (χ0n) is 8.86. The van der Waals surface area contributed by atoms with Gasteiger partial charge in [-0.1, -0.05) is 0 Å². The topological polar surface area (TPSA) is 58.6 Å². The number of ether oxygens (including phenoxy) is 1. The van der Waals surface area contributed by atoms with E-state index in [0.29, 0.717) is 0 Å². The first-order valence-electron chi connectivity index (χ1n) is 4.74. The van der Waals surface area contributed by atoms with E-state index in [2.05, 4.69) is 5.32 Å². The Morgan fingerprint density at radius 2 is 2.07 bits per heavy atom. The van der Waals surface area contributed by atoms with Crippen LogP contribution in [0.1, 0.15) is 13.3 Å². The third-order valence-electron chi connectivity index (χ3n) is 1.98. The van der Waals surface area contributed by atoms with Crippen LogP contribution in [0.3, 0.4) is 0 Å². The van der Waals surface area contributed by atoms with E-state index in [9.17, 15) is 4.79 Å². The predicted octanol–water partition coefficient (Wildman–Crippen LogP) is 1.97. The van der Waals surface area contributed by atoms with Gasteiger partial charge < -0.3 is 15.2 Å². The molecular weight excluding hydrogens is 194 g/mol. The summed E-state index contributed by atoms with van der Waals surface area (Å²) in [5.41, 5.74) is 0.893. The number of aliphatic carboxylic acids is 1. The van der Waals surface area contributed by atoms with Gasteiger partial charge in [-0.05, 0) is 31.2 Å². The molecule has 0 saturated carbocycles. The first-order valence-corrected chi connectivity index (χ1v) is 4.74. The van der Waals surface area contributed by atoms with Gasteiger partial charge in [0.25, 0.3) is 0 Å². The quantitative estimate of drug-likeness (QED) is 0.778. The molecule has 1 aromatic carbocycles. The number of hydrogen-bond acceptors (Lipinski definition) is 3. The molecular formula is C11H15NO3. The molecule has 2 N–H and O–H groups in total. The Hall–Kier alpha value is -1.71. The first kappa shape index (κ1) is 11.4. The molecule has 0 aromatic heterocycles. The summed E-state index contributed by atoms with van der Waals surface area (Å²) < 4.78 is 5.02. The van der Waals surface area contributed by atoms with E-state index in [0.717, 1.165) is 11.4 Å². The van der Waals surface area contributed by atoms with Crippen LogP contribution in [0.2, 0.25) is 0 Å². The fourth-order valence-electron chi connectivity index (χ4n) is 1.28. The lowest BCUT2D eigenvalue weighted by Gasteiger charge is -2.13. The van der Waals surface area contributed by atoms with Crippen LogP contribution in [0.25, 0.3) is 0 Å². The number of hydrogen-bond donors (Lipinski definition) is 2. The zero-order valence-corrected chi connectivity index (χ0v) is 8.86. The Morgan fingerprint density at radius 1 is 1.47 bits per heavy atom. The molecule has 1 atom stereocenters. The summed E-state index contributed by atoms with van der Waals surface area (Å²) in [4.78, 5) is 10.4. The van der Waals surface area contributed by atoms with Gasteiger partial charge in [0.05, 0.1) is 13.5 Å². The summed E-state index contributed by atoms with van der Waals surface area (Å²) in [7, 11) is 1.61. The third kappa shape index (κ3) is 3.89. The van der Waals surface area contributed by atoms with Crippen LogP contribution < -0.4 is 10.1 Å². The van der Waals surface area contributed by atoms with Gasteiger partial charge in [0, 0.05) is 11.7 Å². The maximum Gasteiger partial charge on any atom is 0.305 e. The molecule has 0 bridgehead atoms. The van der Waals surface area contributed by atoms with Crippen LogP contribution in [0.15, 0.2) is 24.3 Å². The van der Waals surface area contributed by atoms with E-state index < -0.39 is 5.97 Å². The largest absolute Gasteiger partial charge is 0.497 e. The lowest BCUT2D eigenvalue weighted by molar-refractivity contribution is -0.137. The van der Waals surface area contributed by atoms with Crippen molar-refractivity contribution in [1.82, 2.24) is 0 Å². The SMILES string of the molecule is COc1ccc(N[C@@H](C)CC(=O)O)cc1. The fraction of sp³-hybridized carbons (Fsp3) is 0.364. The Kier molecular flexibility index (Phi) is 3.97. The monoisotopic (exact) mass is 209 g/mol. The van der Waals surface area contributed by atoms with E-state index in [4.69, 9.17) is 9.84 Å². The molecule has 4 nitrogen and oxygen atoms in total. The smallest absolute Gasteiger partial charge is 0.305 e. The standard InChI is InChI=1S/C11H15NO3/c1-8(7-11(13)14)12-9-3-5-10(15-2)6-4-9/h3-6,8,12H,7H2,1-2H3,(H,13,14)/t8-/m0/s1.